The molecule has 1 atom stereocenters. The lowest BCUT2D eigenvalue weighted by molar-refractivity contribution is 0.201. The van der Waals surface area contributed by atoms with Crippen LogP contribution >= 0.6 is 11.6 Å². The molecule has 1 heterocycles. The lowest BCUT2D eigenvalue weighted by Gasteiger charge is -2.31. The van der Waals surface area contributed by atoms with Crippen molar-refractivity contribution in [3.05, 3.63) is 34.3 Å². The number of hydrogen-bond donors (Lipinski definition) is 1. The molecule has 94 valence electrons. The van der Waals surface area contributed by atoms with E-state index >= 15 is 0 Å². The zero-order valence-electron chi connectivity index (χ0n) is 10.5. The molecule has 3 heteroatoms. The number of nitrogens with zero attached hydrogens (tertiary/aromatic N) is 1. The molecule has 1 aliphatic heterocycles. The summed E-state index contributed by atoms with van der Waals surface area (Å²) in [6.07, 6.45) is 3.39. The third-order valence-electron chi connectivity index (χ3n) is 3.52. The summed E-state index contributed by atoms with van der Waals surface area (Å²) in [4.78, 5) is 2.43. The van der Waals surface area contributed by atoms with Crippen LogP contribution in [0.3, 0.4) is 0 Å². The van der Waals surface area contributed by atoms with Gasteiger partial charge in [-0.1, -0.05) is 30.7 Å². The van der Waals surface area contributed by atoms with Gasteiger partial charge in [0, 0.05) is 24.2 Å². The number of benzene rings is 1. The fraction of sp³-hybridized carbons (Fsp3) is 0.571. The average molecular weight is 253 g/mol. The van der Waals surface area contributed by atoms with Crippen LogP contribution in [0, 0.1) is 0 Å². The molecule has 0 aliphatic carbocycles. The summed E-state index contributed by atoms with van der Waals surface area (Å²) < 4.78 is 0. The summed E-state index contributed by atoms with van der Waals surface area (Å²) in [6, 6.07) is 6.52. The van der Waals surface area contributed by atoms with E-state index in [4.69, 9.17) is 17.3 Å². The fourth-order valence-electron chi connectivity index (χ4n) is 2.57. The molecule has 0 aromatic heterocycles. The SMILES string of the molecule is CCc1cccc(Cl)c1CN1CCCC(N)C1. The van der Waals surface area contributed by atoms with Crippen molar-refractivity contribution in [2.75, 3.05) is 13.1 Å². The van der Waals surface area contributed by atoms with Gasteiger partial charge in [-0.2, -0.15) is 0 Å². The van der Waals surface area contributed by atoms with E-state index in [2.05, 4.69) is 17.9 Å². The van der Waals surface area contributed by atoms with Gasteiger partial charge in [0.15, 0.2) is 0 Å². The normalized spacial score (nSPS) is 21.7. The minimum absolute atomic E-state index is 0.330. The minimum Gasteiger partial charge on any atom is -0.327 e. The summed E-state index contributed by atoms with van der Waals surface area (Å²) in [5.74, 6) is 0. The molecule has 1 aromatic rings. The molecule has 0 radical (unpaired) electrons. The van der Waals surface area contributed by atoms with Crippen LogP contribution < -0.4 is 5.73 Å². The van der Waals surface area contributed by atoms with Gasteiger partial charge in [-0.15, -0.1) is 0 Å². The molecule has 2 nitrogen and oxygen atoms in total. The molecule has 0 amide bonds. The first kappa shape index (κ1) is 12.9. The van der Waals surface area contributed by atoms with E-state index in [1.165, 1.54) is 17.5 Å². The molecule has 2 rings (SSSR count). The molecule has 0 spiro atoms. The Balaban J connectivity index is 2.12. The van der Waals surface area contributed by atoms with Gasteiger partial charge in [0.25, 0.3) is 0 Å². The molecule has 0 bridgehead atoms. The lowest BCUT2D eigenvalue weighted by atomic mass is 10.0. The average Bonchev–Trinajstić information content (AvgIpc) is 2.32. The Morgan fingerprint density at radius 2 is 2.29 bits per heavy atom. The first-order chi connectivity index (χ1) is 8.20. The zero-order valence-corrected chi connectivity index (χ0v) is 11.2. The topological polar surface area (TPSA) is 29.3 Å². The van der Waals surface area contributed by atoms with Crippen molar-refractivity contribution in [2.24, 2.45) is 5.73 Å². The Morgan fingerprint density at radius 1 is 1.47 bits per heavy atom. The monoisotopic (exact) mass is 252 g/mol. The molecular formula is C14H21ClN2. The van der Waals surface area contributed by atoms with Gasteiger partial charge < -0.3 is 5.73 Å². The smallest absolute Gasteiger partial charge is 0.0453 e. The Kier molecular flexibility index (Phi) is 4.43. The maximum atomic E-state index is 6.31. The number of hydrogen-bond acceptors (Lipinski definition) is 2. The van der Waals surface area contributed by atoms with Crippen LogP contribution in [-0.2, 0) is 13.0 Å². The fourth-order valence-corrected chi connectivity index (χ4v) is 2.82. The number of piperidine rings is 1. The number of nitrogens with two attached hydrogens (primary N) is 1. The van der Waals surface area contributed by atoms with Crippen LogP contribution in [0.2, 0.25) is 5.02 Å². The van der Waals surface area contributed by atoms with Crippen molar-refractivity contribution >= 4 is 11.6 Å². The summed E-state index contributed by atoms with van der Waals surface area (Å²) in [6.45, 7) is 5.25. The molecule has 2 N–H and O–H groups in total. The highest BCUT2D eigenvalue weighted by Crippen LogP contribution is 2.23. The maximum Gasteiger partial charge on any atom is 0.0453 e. The molecule has 1 fully saturated rings. The molecule has 0 saturated carbocycles. The standard InChI is InChI=1S/C14H21ClN2/c1-2-11-5-3-7-14(15)13(11)10-17-8-4-6-12(16)9-17/h3,5,7,12H,2,4,6,8-10,16H2,1H3. The van der Waals surface area contributed by atoms with Crippen molar-refractivity contribution in [2.45, 2.75) is 38.8 Å². The Labute approximate surface area is 109 Å². The number of rotatable bonds is 3. The number of halogens is 1. The van der Waals surface area contributed by atoms with Gasteiger partial charge in [0.1, 0.15) is 0 Å². The van der Waals surface area contributed by atoms with Gasteiger partial charge in [0.05, 0.1) is 0 Å². The van der Waals surface area contributed by atoms with Gasteiger partial charge in [-0.05, 0) is 43.0 Å². The van der Waals surface area contributed by atoms with Crippen LogP contribution in [0.25, 0.3) is 0 Å². The van der Waals surface area contributed by atoms with Crippen molar-refractivity contribution in [1.29, 1.82) is 0 Å². The van der Waals surface area contributed by atoms with E-state index < -0.39 is 0 Å². The first-order valence-electron chi connectivity index (χ1n) is 6.45. The molecule has 1 aliphatic rings. The van der Waals surface area contributed by atoms with Crippen molar-refractivity contribution in [3.63, 3.8) is 0 Å². The van der Waals surface area contributed by atoms with E-state index in [-0.39, 0.29) is 0 Å². The molecular weight excluding hydrogens is 232 g/mol. The van der Waals surface area contributed by atoms with Crippen LogP contribution in [-0.4, -0.2) is 24.0 Å². The number of aryl methyl sites for hydroxylation is 1. The van der Waals surface area contributed by atoms with Crippen molar-refractivity contribution < 1.29 is 0 Å². The van der Waals surface area contributed by atoms with E-state index in [1.807, 2.05) is 12.1 Å². The lowest BCUT2D eigenvalue weighted by Crippen LogP contribution is -2.42. The Hall–Kier alpha value is -0.570. The Bertz CT molecular complexity index is 378. The second kappa shape index (κ2) is 5.85. The van der Waals surface area contributed by atoms with Crippen LogP contribution in [0.15, 0.2) is 18.2 Å². The summed E-state index contributed by atoms with van der Waals surface area (Å²) in [5, 5.41) is 0.892. The third kappa shape index (κ3) is 3.21. The van der Waals surface area contributed by atoms with Crippen LogP contribution in [0.5, 0.6) is 0 Å². The first-order valence-corrected chi connectivity index (χ1v) is 6.82. The quantitative estimate of drug-likeness (QED) is 0.897. The molecule has 1 aromatic carbocycles. The predicted molar refractivity (Wildman–Crippen MR) is 73.3 cm³/mol. The summed E-state index contributed by atoms with van der Waals surface area (Å²) in [5.41, 5.74) is 8.65. The van der Waals surface area contributed by atoms with Gasteiger partial charge in [0.2, 0.25) is 0 Å². The van der Waals surface area contributed by atoms with Crippen molar-refractivity contribution in [3.8, 4) is 0 Å². The van der Waals surface area contributed by atoms with Crippen molar-refractivity contribution in [1.82, 2.24) is 4.90 Å². The van der Waals surface area contributed by atoms with Gasteiger partial charge >= 0.3 is 0 Å². The van der Waals surface area contributed by atoms with E-state index in [9.17, 15) is 0 Å². The summed E-state index contributed by atoms with van der Waals surface area (Å²) in [7, 11) is 0. The highest BCUT2D eigenvalue weighted by molar-refractivity contribution is 6.31. The molecule has 1 saturated heterocycles. The second-order valence-electron chi connectivity index (χ2n) is 4.87. The third-order valence-corrected chi connectivity index (χ3v) is 3.87. The largest absolute Gasteiger partial charge is 0.327 e. The second-order valence-corrected chi connectivity index (χ2v) is 5.28. The van der Waals surface area contributed by atoms with Gasteiger partial charge in [-0.25, -0.2) is 0 Å². The van der Waals surface area contributed by atoms with Crippen LogP contribution in [0.4, 0.5) is 0 Å². The maximum absolute atomic E-state index is 6.31. The van der Waals surface area contributed by atoms with E-state index in [0.717, 1.165) is 37.5 Å². The summed E-state index contributed by atoms with van der Waals surface area (Å²) >= 11 is 6.31. The molecule has 1 unspecified atom stereocenters. The van der Waals surface area contributed by atoms with E-state index in [0.29, 0.717) is 6.04 Å². The van der Waals surface area contributed by atoms with E-state index in [1.54, 1.807) is 0 Å². The zero-order chi connectivity index (χ0) is 12.3. The van der Waals surface area contributed by atoms with Gasteiger partial charge in [-0.3, -0.25) is 4.90 Å². The minimum atomic E-state index is 0.330. The highest BCUT2D eigenvalue weighted by atomic mass is 35.5. The van der Waals surface area contributed by atoms with Crippen LogP contribution in [0.1, 0.15) is 30.9 Å². The Morgan fingerprint density at radius 3 is 3.00 bits per heavy atom. The molecule has 17 heavy (non-hydrogen) atoms. The number of likely N-dealkylation sites (tertiary alicyclic amines) is 1. The predicted octanol–water partition coefficient (Wildman–Crippen LogP) is 2.83. The highest BCUT2D eigenvalue weighted by Gasteiger charge is 2.18.